The van der Waals surface area contributed by atoms with Gasteiger partial charge < -0.3 is 5.11 Å². The summed E-state index contributed by atoms with van der Waals surface area (Å²) in [5.41, 5.74) is 2.89. The molecule has 0 aliphatic heterocycles. The van der Waals surface area contributed by atoms with Crippen LogP contribution in [0.4, 0.5) is 4.39 Å². The van der Waals surface area contributed by atoms with Gasteiger partial charge in [0.2, 0.25) is 0 Å². The maximum Gasteiger partial charge on any atom is 0.277 e. The third-order valence-electron chi connectivity index (χ3n) is 5.12. The molecule has 0 spiro atoms. The lowest BCUT2D eigenvalue weighted by Gasteiger charge is -2.10. The van der Waals surface area contributed by atoms with E-state index in [0.29, 0.717) is 29.0 Å². The van der Waals surface area contributed by atoms with Crippen LogP contribution in [-0.4, -0.2) is 33.8 Å². The molecule has 0 aliphatic rings. The number of aromatic nitrogens is 2. The molecule has 5 nitrogen and oxygen atoms in total. The van der Waals surface area contributed by atoms with Gasteiger partial charge in [0.15, 0.2) is 0 Å². The first kappa shape index (κ1) is 22.6. The normalized spacial score (nSPS) is 12.2. The molecule has 166 valence electrons. The third kappa shape index (κ3) is 5.83. The molecular formula is C26H22FN3O2S. The molecule has 2 heterocycles. The Hall–Kier alpha value is -3.55. The summed E-state index contributed by atoms with van der Waals surface area (Å²) in [5.74, 6) is -0.765. The molecule has 0 fully saturated rings. The molecule has 33 heavy (non-hydrogen) atoms. The zero-order chi connectivity index (χ0) is 23.0. The Kier molecular flexibility index (Phi) is 7.44. The lowest BCUT2D eigenvalue weighted by atomic mass is 10.0. The predicted octanol–water partition coefficient (Wildman–Crippen LogP) is 5.46. The van der Waals surface area contributed by atoms with E-state index in [0.717, 1.165) is 16.1 Å². The molecule has 0 saturated carbocycles. The van der Waals surface area contributed by atoms with Crippen molar-refractivity contribution in [3.8, 4) is 21.0 Å². The number of aliphatic imine (C=N–C) groups is 1. The number of aliphatic hydroxyl groups is 1. The number of rotatable bonds is 8. The van der Waals surface area contributed by atoms with E-state index in [2.05, 4.69) is 15.0 Å². The minimum absolute atomic E-state index is 0.000421. The molecule has 0 bridgehead atoms. The number of pyridine rings is 1. The van der Waals surface area contributed by atoms with Crippen LogP contribution in [0.25, 0.3) is 21.0 Å². The molecular weight excluding hydrogens is 437 g/mol. The van der Waals surface area contributed by atoms with Crippen LogP contribution in [0.15, 0.2) is 84.1 Å². The highest BCUT2D eigenvalue weighted by Gasteiger charge is 2.16. The summed E-state index contributed by atoms with van der Waals surface area (Å²) in [4.78, 5) is 26.9. The van der Waals surface area contributed by atoms with Gasteiger partial charge in [-0.2, -0.15) is 0 Å². The van der Waals surface area contributed by atoms with E-state index in [4.69, 9.17) is 0 Å². The number of thiazole rings is 1. The lowest BCUT2D eigenvalue weighted by Crippen LogP contribution is -2.11. The lowest BCUT2D eigenvalue weighted by molar-refractivity contribution is 0.100. The zero-order valence-corrected chi connectivity index (χ0v) is 18.6. The molecule has 4 rings (SSSR count). The van der Waals surface area contributed by atoms with Gasteiger partial charge in [-0.3, -0.25) is 9.78 Å². The minimum Gasteiger partial charge on any atom is -0.396 e. The molecule has 0 aliphatic carbocycles. The Labute approximate surface area is 195 Å². The summed E-state index contributed by atoms with van der Waals surface area (Å²) in [7, 11) is 0. The van der Waals surface area contributed by atoms with E-state index in [9.17, 15) is 14.3 Å². The zero-order valence-electron chi connectivity index (χ0n) is 17.8. The minimum atomic E-state index is -0.368. The summed E-state index contributed by atoms with van der Waals surface area (Å²) in [5, 5.41) is 10.1. The summed E-state index contributed by atoms with van der Waals surface area (Å²) in [6.45, 7) is -0.000421. The van der Waals surface area contributed by atoms with E-state index >= 15 is 0 Å². The van der Waals surface area contributed by atoms with E-state index < -0.39 is 0 Å². The van der Waals surface area contributed by atoms with Crippen molar-refractivity contribution < 1.29 is 14.3 Å². The SMILES string of the molecule is O=C(N=CC(CCO)Cc1ccccn1)c1ccccc1-c1ncc(-c2ccc(F)cc2)s1. The van der Waals surface area contributed by atoms with Gasteiger partial charge in [0.05, 0.1) is 10.4 Å². The van der Waals surface area contributed by atoms with Crippen molar-refractivity contribution in [2.75, 3.05) is 6.61 Å². The molecule has 7 heteroatoms. The Morgan fingerprint density at radius 1 is 1.06 bits per heavy atom. The number of nitrogens with zero attached hydrogens (tertiary/aromatic N) is 3. The predicted molar refractivity (Wildman–Crippen MR) is 129 cm³/mol. The summed E-state index contributed by atoms with van der Waals surface area (Å²) in [6.07, 6.45) is 6.13. The maximum absolute atomic E-state index is 13.2. The third-order valence-corrected chi connectivity index (χ3v) is 6.20. The highest BCUT2D eigenvalue weighted by molar-refractivity contribution is 7.18. The number of aliphatic hydroxyl groups excluding tert-OH is 1. The first-order valence-corrected chi connectivity index (χ1v) is 11.4. The topological polar surface area (TPSA) is 75.4 Å². The van der Waals surface area contributed by atoms with Crippen LogP contribution in [0, 0.1) is 11.7 Å². The molecule has 0 radical (unpaired) electrons. The van der Waals surface area contributed by atoms with Crippen LogP contribution in [-0.2, 0) is 6.42 Å². The second-order valence-corrected chi connectivity index (χ2v) is 8.49. The average Bonchev–Trinajstić information content (AvgIpc) is 3.34. The van der Waals surface area contributed by atoms with Crippen LogP contribution < -0.4 is 0 Å². The number of amides is 1. The monoisotopic (exact) mass is 459 g/mol. The van der Waals surface area contributed by atoms with E-state index in [1.165, 1.54) is 23.5 Å². The second-order valence-electron chi connectivity index (χ2n) is 7.46. The first-order chi connectivity index (χ1) is 16.1. The fraction of sp³-hybridized carbons (Fsp3) is 0.154. The van der Waals surface area contributed by atoms with E-state index in [-0.39, 0.29) is 24.2 Å². The van der Waals surface area contributed by atoms with Gasteiger partial charge in [0.25, 0.3) is 5.91 Å². The van der Waals surface area contributed by atoms with Gasteiger partial charge in [-0.15, -0.1) is 11.3 Å². The number of carbonyl (C=O) groups is 1. The van der Waals surface area contributed by atoms with Crippen molar-refractivity contribution in [2.45, 2.75) is 12.8 Å². The first-order valence-electron chi connectivity index (χ1n) is 10.5. The summed E-state index contributed by atoms with van der Waals surface area (Å²) < 4.78 is 13.2. The molecule has 2 aromatic heterocycles. The number of hydrogen-bond acceptors (Lipinski definition) is 5. The molecule has 0 saturated heterocycles. The van der Waals surface area contributed by atoms with Crippen molar-refractivity contribution in [2.24, 2.45) is 10.9 Å². The number of halogens is 1. The Morgan fingerprint density at radius 2 is 1.85 bits per heavy atom. The fourth-order valence-corrected chi connectivity index (χ4v) is 4.39. The van der Waals surface area contributed by atoms with Crippen molar-refractivity contribution in [3.63, 3.8) is 0 Å². The summed E-state index contributed by atoms with van der Waals surface area (Å²) in [6, 6.07) is 19.1. The van der Waals surface area contributed by atoms with Gasteiger partial charge in [-0.1, -0.05) is 36.4 Å². The van der Waals surface area contributed by atoms with Crippen LogP contribution in [0.1, 0.15) is 22.5 Å². The van der Waals surface area contributed by atoms with Crippen molar-refractivity contribution in [3.05, 3.63) is 96.2 Å². The van der Waals surface area contributed by atoms with E-state index in [1.54, 1.807) is 42.9 Å². The number of carbonyl (C=O) groups excluding carboxylic acids is 1. The highest BCUT2D eigenvalue weighted by Crippen LogP contribution is 2.34. The summed E-state index contributed by atoms with van der Waals surface area (Å²) >= 11 is 1.43. The molecule has 1 amide bonds. The van der Waals surface area contributed by atoms with Gasteiger partial charge >= 0.3 is 0 Å². The van der Waals surface area contributed by atoms with Gasteiger partial charge in [-0.25, -0.2) is 14.4 Å². The van der Waals surface area contributed by atoms with E-state index in [1.807, 2.05) is 30.3 Å². The maximum atomic E-state index is 13.2. The fourth-order valence-electron chi connectivity index (χ4n) is 3.43. The second kappa shape index (κ2) is 10.8. The highest BCUT2D eigenvalue weighted by atomic mass is 32.1. The smallest absolute Gasteiger partial charge is 0.277 e. The van der Waals surface area contributed by atoms with Gasteiger partial charge in [-0.05, 0) is 48.7 Å². The van der Waals surface area contributed by atoms with Crippen molar-refractivity contribution in [1.29, 1.82) is 0 Å². The number of hydrogen-bond donors (Lipinski definition) is 1. The molecule has 2 aromatic carbocycles. The van der Waals surface area contributed by atoms with Gasteiger partial charge in [0, 0.05) is 42.4 Å². The van der Waals surface area contributed by atoms with Crippen LogP contribution in [0.2, 0.25) is 0 Å². The van der Waals surface area contributed by atoms with Crippen molar-refractivity contribution in [1.82, 2.24) is 9.97 Å². The Morgan fingerprint density at radius 3 is 2.61 bits per heavy atom. The largest absolute Gasteiger partial charge is 0.396 e. The van der Waals surface area contributed by atoms with Crippen LogP contribution in [0.5, 0.6) is 0 Å². The Bertz CT molecular complexity index is 1240. The molecule has 1 N–H and O–H groups in total. The standard InChI is InChI=1S/C26H22FN3O2S/c27-20-10-8-19(9-11-20)24-17-30-26(33-24)23-7-2-1-6-22(23)25(32)29-16-18(12-14-31)15-21-5-3-4-13-28-21/h1-11,13,16-18,31H,12,14-15H2. The Balaban J connectivity index is 1.55. The molecule has 1 atom stereocenters. The van der Waals surface area contributed by atoms with Crippen LogP contribution >= 0.6 is 11.3 Å². The van der Waals surface area contributed by atoms with Crippen LogP contribution in [0.3, 0.4) is 0 Å². The van der Waals surface area contributed by atoms with Crippen molar-refractivity contribution >= 4 is 23.5 Å². The average molecular weight is 460 g/mol. The quantitative estimate of drug-likeness (QED) is 0.355. The molecule has 4 aromatic rings. The molecule has 1 unspecified atom stereocenters. The number of benzene rings is 2. The van der Waals surface area contributed by atoms with Gasteiger partial charge in [0.1, 0.15) is 10.8 Å².